The lowest BCUT2D eigenvalue weighted by Gasteiger charge is -2.36. The van der Waals surface area contributed by atoms with E-state index < -0.39 is 0 Å². The number of carbonyl (C=O) groups excluding carboxylic acids is 2. The van der Waals surface area contributed by atoms with Crippen LogP contribution in [0.15, 0.2) is 72.8 Å². The number of benzene rings is 3. The van der Waals surface area contributed by atoms with Gasteiger partial charge in [0.1, 0.15) is 5.75 Å². The topological polar surface area (TPSA) is 73.9 Å². The van der Waals surface area contributed by atoms with Crippen molar-refractivity contribution >= 4 is 63.1 Å². The molecule has 3 aromatic rings. The lowest BCUT2D eigenvalue weighted by molar-refractivity contribution is 0.0746. The van der Waals surface area contributed by atoms with Crippen molar-refractivity contribution in [1.29, 1.82) is 0 Å². The third-order valence-electron chi connectivity index (χ3n) is 5.74. The standard InChI is InChI=1S/C26H25IN4O3S/c1-34-21-12-6-18(7-13-21)25(33)31-16-14-30(15-17-31)20-10-8-19(9-11-20)28-26(35)29-24(32)22-4-2-3-5-23(22)27/h2-13H,14-17H2,1H3,(H2,28,29,32,35). The summed E-state index contributed by atoms with van der Waals surface area (Å²) in [6, 6.07) is 22.4. The first-order chi connectivity index (χ1) is 16.9. The van der Waals surface area contributed by atoms with E-state index in [0.29, 0.717) is 24.2 Å². The molecule has 2 N–H and O–H groups in total. The maximum absolute atomic E-state index is 12.8. The maximum atomic E-state index is 12.8. The Labute approximate surface area is 223 Å². The number of hydrogen-bond donors (Lipinski definition) is 2. The van der Waals surface area contributed by atoms with Crippen molar-refractivity contribution in [2.45, 2.75) is 0 Å². The van der Waals surface area contributed by atoms with E-state index in [0.717, 1.165) is 33.8 Å². The zero-order valence-electron chi connectivity index (χ0n) is 19.2. The molecule has 0 bridgehead atoms. The molecule has 1 heterocycles. The molecule has 9 heteroatoms. The Kier molecular flexibility index (Phi) is 8.19. The minimum Gasteiger partial charge on any atom is -0.497 e. The fourth-order valence-corrected chi connectivity index (χ4v) is 4.66. The highest BCUT2D eigenvalue weighted by Gasteiger charge is 2.22. The fourth-order valence-electron chi connectivity index (χ4n) is 3.82. The second kappa shape index (κ2) is 11.5. The second-order valence-corrected chi connectivity index (χ2v) is 9.51. The molecule has 7 nitrogen and oxygen atoms in total. The lowest BCUT2D eigenvalue weighted by atomic mass is 10.1. The van der Waals surface area contributed by atoms with Crippen LogP contribution in [0.5, 0.6) is 5.75 Å². The van der Waals surface area contributed by atoms with Crippen molar-refractivity contribution in [3.8, 4) is 5.75 Å². The van der Waals surface area contributed by atoms with E-state index in [2.05, 4.69) is 38.1 Å². The van der Waals surface area contributed by atoms with Crippen molar-refractivity contribution in [1.82, 2.24) is 10.2 Å². The third kappa shape index (κ3) is 6.29. The Morgan fingerprint density at radius 3 is 2.20 bits per heavy atom. The Morgan fingerprint density at radius 2 is 1.57 bits per heavy atom. The van der Waals surface area contributed by atoms with Gasteiger partial charge in [0.05, 0.1) is 12.7 Å². The minimum absolute atomic E-state index is 0.0348. The Balaban J connectivity index is 1.28. The first-order valence-electron chi connectivity index (χ1n) is 11.1. The zero-order chi connectivity index (χ0) is 24.8. The third-order valence-corrected chi connectivity index (χ3v) is 6.88. The van der Waals surface area contributed by atoms with E-state index in [1.54, 1.807) is 37.4 Å². The molecular weight excluding hydrogens is 575 g/mol. The van der Waals surface area contributed by atoms with Gasteiger partial charge in [-0.1, -0.05) is 12.1 Å². The monoisotopic (exact) mass is 600 g/mol. The van der Waals surface area contributed by atoms with Gasteiger partial charge in [-0.15, -0.1) is 0 Å². The molecule has 180 valence electrons. The van der Waals surface area contributed by atoms with Crippen LogP contribution in [0.1, 0.15) is 20.7 Å². The van der Waals surface area contributed by atoms with E-state index in [9.17, 15) is 9.59 Å². The van der Waals surface area contributed by atoms with Crippen LogP contribution in [-0.2, 0) is 0 Å². The highest BCUT2D eigenvalue weighted by atomic mass is 127. The van der Waals surface area contributed by atoms with Gasteiger partial charge in [0, 0.05) is 46.7 Å². The number of carbonyl (C=O) groups is 2. The average Bonchev–Trinajstić information content (AvgIpc) is 2.89. The molecule has 1 saturated heterocycles. The molecule has 3 aromatic carbocycles. The van der Waals surface area contributed by atoms with Crippen molar-refractivity contribution in [3.63, 3.8) is 0 Å². The molecule has 0 saturated carbocycles. The number of nitrogens with zero attached hydrogens (tertiary/aromatic N) is 2. The molecule has 35 heavy (non-hydrogen) atoms. The number of rotatable bonds is 5. The molecule has 0 spiro atoms. The average molecular weight is 600 g/mol. The highest BCUT2D eigenvalue weighted by Crippen LogP contribution is 2.21. The molecule has 0 aliphatic carbocycles. The molecule has 0 aromatic heterocycles. The second-order valence-electron chi connectivity index (χ2n) is 7.94. The smallest absolute Gasteiger partial charge is 0.258 e. The molecule has 1 aliphatic heterocycles. The highest BCUT2D eigenvalue weighted by molar-refractivity contribution is 14.1. The molecule has 1 fully saturated rings. The molecule has 2 amide bonds. The van der Waals surface area contributed by atoms with Crippen molar-refractivity contribution < 1.29 is 14.3 Å². The van der Waals surface area contributed by atoms with Gasteiger partial charge in [0.25, 0.3) is 11.8 Å². The molecule has 0 unspecified atom stereocenters. The van der Waals surface area contributed by atoms with E-state index in [1.165, 1.54) is 0 Å². The van der Waals surface area contributed by atoms with Crippen LogP contribution in [-0.4, -0.2) is 55.1 Å². The summed E-state index contributed by atoms with van der Waals surface area (Å²) in [6.07, 6.45) is 0. The van der Waals surface area contributed by atoms with Crippen molar-refractivity contribution in [3.05, 3.63) is 87.5 Å². The molecule has 4 rings (SSSR count). The Hall–Kier alpha value is -3.18. The lowest BCUT2D eigenvalue weighted by Crippen LogP contribution is -2.48. The summed E-state index contributed by atoms with van der Waals surface area (Å²) in [4.78, 5) is 29.4. The number of hydrogen-bond acceptors (Lipinski definition) is 5. The summed E-state index contributed by atoms with van der Waals surface area (Å²) in [5, 5.41) is 6.02. The number of anilines is 2. The van der Waals surface area contributed by atoms with Crippen LogP contribution < -0.4 is 20.3 Å². The summed E-state index contributed by atoms with van der Waals surface area (Å²) in [5.74, 6) is 0.525. The quantitative estimate of drug-likeness (QED) is 0.335. The summed E-state index contributed by atoms with van der Waals surface area (Å²) < 4.78 is 6.03. The van der Waals surface area contributed by atoms with Crippen LogP contribution >= 0.6 is 34.8 Å². The Bertz CT molecular complexity index is 1210. The van der Waals surface area contributed by atoms with Gasteiger partial charge in [0.15, 0.2) is 5.11 Å². The van der Waals surface area contributed by atoms with Gasteiger partial charge in [-0.2, -0.15) is 0 Å². The normalized spacial score (nSPS) is 13.2. The molecule has 1 aliphatic rings. The molecular formula is C26H25IN4O3S. The number of halogens is 1. The number of amides is 2. The predicted octanol–water partition coefficient (Wildman–Crippen LogP) is 4.39. The number of nitrogens with one attached hydrogen (secondary N) is 2. The summed E-state index contributed by atoms with van der Waals surface area (Å²) in [6.45, 7) is 2.80. The van der Waals surface area contributed by atoms with Crippen LogP contribution in [0.2, 0.25) is 0 Å². The van der Waals surface area contributed by atoms with Gasteiger partial charge < -0.3 is 19.9 Å². The van der Waals surface area contributed by atoms with Gasteiger partial charge in [-0.25, -0.2) is 0 Å². The summed E-state index contributed by atoms with van der Waals surface area (Å²) in [5.41, 5.74) is 3.10. The minimum atomic E-state index is -0.244. The zero-order valence-corrected chi connectivity index (χ0v) is 22.1. The van der Waals surface area contributed by atoms with E-state index in [1.807, 2.05) is 47.4 Å². The van der Waals surface area contributed by atoms with Gasteiger partial charge >= 0.3 is 0 Å². The largest absolute Gasteiger partial charge is 0.497 e. The summed E-state index contributed by atoms with van der Waals surface area (Å²) >= 11 is 7.43. The van der Waals surface area contributed by atoms with E-state index in [-0.39, 0.29) is 16.9 Å². The van der Waals surface area contributed by atoms with Crippen molar-refractivity contribution in [2.24, 2.45) is 0 Å². The number of ether oxygens (including phenoxy) is 1. The van der Waals surface area contributed by atoms with Crippen LogP contribution in [0, 0.1) is 3.57 Å². The maximum Gasteiger partial charge on any atom is 0.258 e. The number of thiocarbonyl (C=S) groups is 1. The predicted molar refractivity (Wildman–Crippen MR) is 150 cm³/mol. The van der Waals surface area contributed by atoms with Crippen LogP contribution in [0.3, 0.4) is 0 Å². The Morgan fingerprint density at radius 1 is 0.914 bits per heavy atom. The van der Waals surface area contributed by atoms with Crippen LogP contribution in [0.4, 0.5) is 11.4 Å². The molecule has 0 atom stereocenters. The van der Waals surface area contributed by atoms with E-state index in [4.69, 9.17) is 17.0 Å². The van der Waals surface area contributed by atoms with Crippen molar-refractivity contribution in [2.75, 3.05) is 43.5 Å². The number of methoxy groups -OCH3 is 1. The van der Waals surface area contributed by atoms with Gasteiger partial charge in [0.2, 0.25) is 0 Å². The number of piperazine rings is 1. The van der Waals surface area contributed by atoms with Gasteiger partial charge in [-0.05, 0) is 95.5 Å². The van der Waals surface area contributed by atoms with E-state index >= 15 is 0 Å². The first-order valence-corrected chi connectivity index (χ1v) is 12.6. The fraction of sp³-hybridized carbons (Fsp3) is 0.192. The van der Waals surface area contributed by atoms with Crippen LogP contribution in [0.25, 0.3) is 0 Å². The first kappa shape index (κ1) is 24.9. The van der Waals surface area contributed by atoms with Gasteiger partial charge in [-0.3, -0.25) is 14.9 Å². The molecule has 0 radical (unpaired) electrons. The summed E-state index contributed by atoms with van der Waals surface area (Å²) in [7, 11) is 1.61. The SMILES string of the molecule is COc1ccc(C(=O)N2CCN(c3ccc(NC(=S)NC(=O)c4ccccc4I)cc3)CC2)cc1.